The van der Waals surface area contributed by atoms with Crippen LogP contribution in [0.5, 0.6) is 0 Å². The Morgan fingerprint density at radius 3 is 2.79 bits per heavy atom. The fourth-order valence-electron chi connectivity index (χ4n) is 5.89. The normalized spacial score (nSPS) is 24.6. The number of fused-ring (bicyclic) bond motifs is 2. The number of carbonyl (C=O) groups excluding carboxylic acids is 1. The highest BCUT2D eigenvalue weighted by atomic mass is 19.1. The molecule has 7 nitrogen and oxygen atoms in total. The smallest absolute Gasteiger partial charge is 0.306 e. The Balaban J connectivity index is 1.44. The Morgan fingerprint density at radius 2 is 2.06 bits per heavy atom. The van der Waals surface area contributed by atoms with Gasteiger partial charge in [0.1, 0.15) is 11.5 Å². The number of alkyl halides is 1. The molecule has 2 N–H and O–H groups in total. The lowest BCUT2D eigenvalue weighted by atomic mass is 9.71. The first kappa shape index (κ1) is 22.6. The molecule has 1 aromatic carbocycles. The van der Waals surface area contributed by atoms with Gasteiger partial charge >= 0.3 is 5.97 Å². The van der Waals surface area contributed by atoms with Crippen molar-refractivity contribution in [1.82, 2.24) is 15.1 Å². The highest BCUT2D eigenvalue weighted by Crippen LogP contribution is 2.42. The number of halogens is 2. The van der Waals surface area contributed by atoms with Crippen molar-refractivity contribution in [2.45, 2.75) is 57.2 Å². The summed E-state index contributed by atoms with van der Waals surface area (Å²) in [4.78, 5) is 26.8. The molecule has 4 atom stereocenters. The number of likely N-dealkylation sites (tertiary alicyclic amines) is 1. The van der Waals surface area contributed by atoms with Gasteiger partial charge in [-0.25, -0.2) is 4.39 Å². The summed E-state index contributed by atoms with van der Waals surface area (Å²) in [5.41, 5.74) is -1.01. The van der Waals surface area contributed by atoms with Crippen molar-refractivity contribution in [2.24, 2.45) is 11.8 Å². The maximum absolute atomic E-state index is 16.2. The van der Waals surface area contributed by atoms with Crippen molar-refractivity contribution < 1.29 is 27.9 Å². The molecule has 9 heteroatoms. The van der Waals surface area contributed by atoms with Crippen LogP contribution in [0.3, 0.4) is 0 Å². The molecule has 1 amide bonds. The number of aromatic amines is 1. The third-order valence-corrected chi connectivity index (χ3v) is 7.41. The topological polar surface area (TPSA) is 99.4 Å². The number of amides is 1. The molecule has 180 valence electrons. The van der Waals surface area contributed by atoms with Crippen LogP contribution in [0.25, 0.3) is 22.2 Å². The molecule has 2 aromatic heterocycles. The number of aliphatic carboxylic acids is 1. The minimum atomic E-state index is -2.11. The van der Waals surface area contributed by atoms with Crippen LogP contribution >= 0.6 is 0 Å². The van der Waals surface area contributed by atoms with Gasteiger partial charge in [-0.15, -0.1) is 0 Å². The fourth-order valence-corrected chi connectivity index (χ4v) is 5.89. The number of carboxylic acids is 1. The van der Waals surface area contributed by atoms with E-state index in [0.717, 1.165) is 19.3 Å². The number of H-pyrrole nitrogens is 1. The number of carbonyl (C=O) groups is 2. The third kappa shape index (κ3) is 3.86. The summed E-state index contributed by atoms with van der Waals surface area (Å²) < 4.78 is 34.8. The zero-order valence-corrected chi connectivity index (χ0v) is 18.9. The van der Waals surface area contributed by atoms with Gasteiger partial charge in [-0.2, -0.15) is 9.49 Å². The quantitative estimate of drug-likeness (QED) is 0.544. The number of carboxylic acid groups (broad SMARTS) is 1. The molecule has 1 aliphatic carbocycles. The number of piperidine rings is 1. The standard InChI is InChI=1S/C25H27F2N3O4/c1-25(27,13-21(31)30-12-4-7-14-15(24(32)33)5-3-9-18(14)30)23-22-16(19-10-11-20(26)34-19)6-2-8-17(22)28-29-23/h2,6,8,10-11,14-15,18H,3-5,7,9,12-13H2,1H3,(H,28,29)(H,32,33). The van der Waals surface area contributed by atoms with E-state index in [1.807, 2.05) is 0 Å². The summed E-state index contributed by atoms with van der Waals surface area (Å²) in [6.45, 7) is 1.82. The van der Waals surface area contributed by atoms with Crippen LogP contribution < -0.4 is 0 Å². The van der Waals surface area contributed by atoms with E-state index in [1.165, 1.54) is 19.1 Å². The van der Waals surface area contributed by atoms with Gasteiger partial charge in [0.05, 0.1) is 17.9 Å². The monoisotopic (exact) mass is 471 g/mol. The fraction of sp³-hybridized carbons (Fsp3) is 0.480. The SMILES string of the molecule is CC(F)(CC(=O)N1CCCC2C(C(=O)O)CCCC21)c1n[nH]c2cccc(-c3ccc(F)o3)c12. The maximum atomic E-state index is 16.2. The second kappa shape index (κ2) is 8.52. The number of benzene rings is 1. The number of aromatic nitrogens is 2. The van der Waals surface area contributed by atoms with Crippen molar-refractivity contribution >= 4 is 22.8 Å². The summed E-state index contributed by atoms with van der Waals surface area (Å²) in [6, 6.07) is 6.89. The highest BCUT2D eigenvalue weighted by molar-refractivity contribution is 5.96. The minimum absolute atomic E-state index is 0.0591. The molecule has 4 unspecified atom stereocenters. The van der Waals surface area contributed by atoms with Gasteiger partial charge in [0.15, 0.2) is 5.67 Å². The van der Waals surface area contributed by atoms with E-state index in [-0.39, 0.29) is 29.3 Å². The molecule has 0 spiro atoms. The number of nitrogens with one attached hydrogen (secondary N) is 1. The van der Waals surface area contributed by atoms with Gasteiger partial charge in [-0.05, 0) is 50.7 Å². The molecule has 2 fully saturated rings. The van der Waals surface area contributed by atoms with E-state index >= 15 is 4.39 Å². The van der Waals surface area contributed by atoms with E-state index < -0.39 is 30.0 Å². The third-order valence-electron chi connectivity index (χ3n) is 7.41. The van der Waals surface area contributed by atoms with Crippen molar-refractivity contribution in [3.63, 3.8) is 0 Å². The Labute approximate surface area is 195 Å². The Morgan fingerprint density at radius 1 is 1.24 bits per heavy atom. The van der Waals surface area contributed by atoms with Gasteiger partial charge < -0.3 is 14.4 Å². The van der Waals surface area contributed by atoms with Crippen LogP contribution in [0, 0.1) is 17.8 Å². The molecule has 3 aromatic rings. The van der Waals surface area contributed by atoms with Crippen LogP contribution in [0.15, 0.2) is 34.7 Å². The van der Waals surface area contributed by atoms with Gasteiger partial charge in [0.2, 0.25) is 5.91 Å². The molecular formula is C25H27F2N3O4. The summed E-state index contributed by atoms with van der Waals surface area (Å²) in [5.74, 6) is -1.47. The number of rotatable bonds is 5. The predicted octanol–water partition coefficient (Wildman–Crippen LogP) is 5.03. The van der Waals surface area contributed by atoms with Crippen LogP contribution in [0.4, 0.5) is 8.78 Å². The van der Waals surface area contributed by atoms with Crippen LogP contribution in [-0.4, -0.2) is 44.7 Å². The second-order valence-corrected chi connectivity index (χ2v) is 9.61. The lowest BCUT2D eigenvalue weighted by Crippen LogP contribution is -2.54. The maximum Gasteiger partial charge on any atom is 0.306 e. The van der Waals surface area contributed by atoms with Crippen molar-refractivity contribution in [2.75, 3.05) is 6.54 Å². The van der Waals surface area contributed by atoms with E-state index in [4.69, 9.17) is 4.42 Å². The van der Waals surface area contributed by atoms with E-state index in [2.05, 4.69) is 10.2 Å². The van der Waals surface area contributed by atoms with Crippen LogP contribution in [0.2, 0.25) is 0 Å². The first-order valence-electron chi connectivity index (χ1n) is 11.7. The summed E-state index contributed by atoms with van der Waals surface area (Å²) in [5, 5.41) is 17.1. The highest BCUT2D eigenvalue weighted by Gasteiger charge is 2.45. The molecule has 0 radical (unpaired) electrons. The Kier molecular flexibility index (Phi) is 5.65. The summed E-state index contributed by atoms with van der Waals surface area (Å²) in [7, 11) is 0. The van der Waals surface area contributed by atoms with Crippen molar-refractivity contribution in [1.29, 1.82) is 0 Å². The van der Waals surface area contributed by atoms with E-state index in [1.54, 1.807) is 23.1 Å². The largest absolute Gasteiger partial charge is 0.481 e. The van der Waals surface area contributed by atoms with E-state index in [0.29, 0.717) is 35.9 Å². The number of furan rings is 1. The average molecular weight is 472 g/mol. The number of hydrogen-bond donors (Lipinski definition) is 2. The van der Waals surface area contributed by atoms with Gasteiger partial charge in [0.25, 0.3) is 6.01 Å². The molecule has 3 heterocycles. The van der Waals surface area contributed by atoms with Crippen molar-refractivity contribution in [3.8, 4) is 11.3 Å². The average Bonchev–Trinajstić information content (AvgIpc) is 3.44. The second-order valence-electron chi connectivity index (χ2n) is 9.61. The molecule has 1 saturated heterocycles. The molecule has 2 aliphatic rings. The van der Waals surface area contributed by atoms with Gasteiger partial charge in [0, 0.05) is 29.6 Å². The Hall–Kier alpha value is -3.23. The molecule has 34 heavy (non-hydrogen) atoms. The first-order chi connectivity index (χ1) is 16.3. The molecule has 0 bridgehead atoms. The molecule has 1 saturated carbocycles. The molecule has 1 aliphatic heterocycles. The Bertz CT molecular complexity index is 1230. The summed E-state index contributed by atoms with van der Waals surface area (Å²) in [6.07, 6.45) is 3.15. The lowest BCUT2D eigenvalue weighted by molar-refractivity contribution is -0.153. The zero-order valence-electron chi connectivity index (χ0n) is 18.9. The minimum Gasteiger partial charge on any atom is -0.481 e. The zero-order chi connectivity index (χ0) is 24.0. The number of nitrogens with zero attached hydrogens (tertiary/aromatic N) is 2. The predicted molar refractivity (Wildman–Crippen MR) is 120 cm³/mol. The van der Waals surface area contributed by atoms with Crippen molar-refractivity contribution in [3.05, 3.63) is 42.0 Å². The van der Waals surface area contributed by atoms with Crippen LogP contribution in [0.1, 0.15) is 51.1 Å². The lowest BCUT2D eigenvalue weighted by Gasteiger charge is -2.47. The molecular weight excluding hydrogens is 444 g/mol. The van der Waals surface area contributed by atoms with E-state index in [9.17, 15) is 19.1 Å². The number of hydrogen-bond acceptors (Lipinski definition) is 4. The van der Waals surface area contributed by atoms with Gasteiger partial charge in [-0.3, -0.25) is 14.7 Å². The summed E-state index contributed by atoms with van der Waals surface area (Å²) >= 11 is 0. The molecule has 5 rings (SSSR count). The first-order valence-corrected chi connectivity index (χ1v) is 11.7. The van der Waals surface area contributed by atoms with Gasteiger partial charge in [-0.1, -0.05) is 18.6 Å². The van der Waals surface area contributed by atoms with Crippen LogP contribution in [-0.2, 0) is 15.3 Å².